The minimum absolute atomic E-state index is 0.00876. The Morgan fingerprint density at radius 2 is 1.93 bits per heavy atom. The normalized spacial score (nSPS) is 15.6. The largest absolute Gasteiger partial charge is 0.417 e. The second kappa shape index (κ2) is 10.1. The van der Waals surface area contributed by atoms with Gasteiger partial charge in [0.1, 0.15) is 11.5 Å². The Kier molecular flexibility index (Phi) is 6.75. The molecule has 9 nitrogen and oxygen atoms in total. The predicted molar refractivity (Wildman–Crippen MR) is 154 cm³/mol. The maximum Gasteiger partial charge on any atom is 0.417 e. The van der Waals surface area contributed by atoms with Crippen LogP contribution in [0.5, 0.6) is 0 Å². The lowest BCUT2D eigenvalue weighted by atomic mass is 9.97. The highest BCUT2D eigenvalue weighted by Crippen LogP contribution is 2.36. The number of alkyl halides is 3. The molecule has 1 amide bonds. The van der Waals surface area contributed by atoms with Crippen molar-refractivity contribution in [3.63, 3.8) is 0 Å². The van der Waals surface area contributed by atoms with Crippen LogP contribution in [0.15, 0.2) is 52.3 Å². The van der Waals surface area contributed by atoms with Gasteiger partial charge in [-0.25, -0.2) is 19.1 Å². The smallest absolute Gasteiger partial charge is 0.332 e. The fourth-order valence-electron chi connectivity index (χ4n) is 5.63. The van der Waals surface area contributed by atoms with Crippen LogP contribution < -0.4 is 5.56 Å². The number of hydrogen-bond acceptors (Lipinski definition) is 5. The molecule has 42 heavy (non-hydrogen) atoms. The zero-order chi connectivity index (χ0) is 30.1. The van der Waals surface area contributed by atoms with E-state index in [1.165, 1.54) is 17.0 Å². The van der Waals surface area contributed by atoms with Crippen molar-refractivity contribution >= 4 is 38.5 Å². The van der Waals surface area contributed by atoms with Crippen molar-refractivity contribution in [2.75, 3.05) is 0 Å². The minimum Gasteiger partial charge on any atom is -0.332 e. The number of aryl methyl sites for hydroxylation is 1. The van der Waals surface area contributed by atoms with E-state index < -0.39 is 23.7 Å². The summed E-state index contributed by atoms with van der Waals surface area (Å²) < 4.78 is 45.7. The van der Waals surface area contributed by atoms with Crippen molar-refractivity contribution in [1.82, 2.24) is 33.6 Å². The molecule has 0 spiro atoms. The third kappa shape index (κ3) is 4.59. The van der Waals surface area contributed by atoms with Crippen LogP contribution in [0.2, 0.25) is 0 Å². The Labute approximate surface area is 246 Å². The van der Waals surface area contributed by atoms with Crippen molar-refractivity contribution in [2.45, 2.75) is 52.4 Å². The van der Waals surface area contributed by atoms with E-state index in [0.29, 0.717) is 34.7 Å². The molecule has 1 aliphatic rings. The second-order valence-corrected chi connectivity index (χ2v) is 12.0. The molecule has 6 rings (SSSR count). The molecule has 0 saturated carbocycles. The van der Waals surface area contributed by atoms with E-state index in [2.05, 4.69) is 44.8 Å². The van der Waals surface area contributed by atoms with Crippen LogP contribution in [-0.2, 0) is 32.6 Å². The molecule has 0 fully saturated rings. The van der Waals surface area contributed by atoms with Gasteiger partial charge in [-0.15, -0.1) is 0 Å². The van der Waals surface area contributed by atoms with E-state index in [-0.39, 0.29) is 34.5 Å². The molecule has 13 heteroatoms. The van der Waals surface area contributed by atoms with Crippen LogP contribution in [0.1, 0.15) is 53.5 Å². The molecule has 0 bridgehead atoms. The fraction of sp³-hybridized carbons (Fsp3) is 0.345. The molecule has 0 radical (unpaired) electrons. The standard InChI is InChI=1S/C29H27BrF3N7O2/c1-15(2)7-18-11-36-40-24-13-38(27(41)17-5-6-21(30)20(9-17)29(31,32)33)16(3)8-19(24)28(42)39(26(18)40)25-10-22-23(12-34-25)37(4)14-35-22/h5-6,9-12,14-16H,7-8,13H2,1-4H3/t16-/m1/s1. The number of benzene rings is 1. The average Bonchev–Trinajstić information content (AvgIpc) is 3.50. The number of rotatable bonds is 4. The first-order chi connectivity index (χ1) is 19.8. The summed E-state index contributed by atoms with van der Waals surface area (Å²) in [6.45, 7) is 5.93. The average molecular weight is 642 g/mol. The highest BCUT2D eigenvalue weighted by molar-refractivity contribution is 9.10. The monoisotopic (exact) mass is 641 g/mol. The lowest BCUT2D eigenvalue weighted by Crippen LogP contribution is -2.46. The quantitative estimate of drug-likeness (QED) is 0.264. The van der Waals surface area contributed by atoms with Crippen molar-refractivity contribution in [3.05, 3.63) is 85.8 Å². The number of pyridine rings is 1. The number of hydrogen-bond donors (Lipinski definition) is 0. The van der Waals surface area contributed by atoms with Gasteiger partial charge < -0.3 is 9.47 Å². The number of carbonyl (C=O) groups excluding carboxylic acids is 1. The minimum atomic E-state index is -4.62. The summed E-state index contributed by atoms with van der Waals surface area (Å²) >= 11 is 2.94. The van der Waals surface area contributed by atoms with Crippen LogP contribution in [0, 0.1) is 5.92 Å². The SMILES string of the molecule is CC(C)Cc1cnn2c3c(c(=O)n(-c4cc5ncn(C)c5cn4)c12)C[C@@H](C)N(C(=O)c1ccc(Br)c(C(F)(F)F)c1)C3. The van der Waals surface area contributed by atoms with Gasteiger partial charge in [-0.1, -0.05) is 29.8 Å². The van der Waals surface area contributed by atoms with Gasteiger partial charge in [0.25, 0.3) is 11.5 Å². The summed E-state index contributed by atoms with van der Waals surface area (Å²) in [5.74, 6) is 0.118. The highest BCUT2D eigenvalue weighted by Gasteiger charge is 2.36. The van der Waals surface area contributed by atoms with Crippen LogP contribution in [0.25, 0.3) is 22.5 Å². The number of imidazole rings is 1. The van der Waals surface area contributed by atoms with Gasteiger partial charge >= 0.3 is 6.18 Å². The van der Waals surface area contributed by atoms with Gasteiger partial charge in [-0.2, -0.15) is 18.3 Å². The van der Waals surface area contributed by atoms with E-state index in [0.717, 1.165) is 17.1 Å². The topological polar surface area (TPSA) is 90.3 Å². The maximum absolute atomic E-state index is 14.2. The molecule has 0 N–H and O–H groups in total. The van der Waals surface area contributed by atoms with Crippen LogP contribution in [0.4, 0.5) is 13.2 Å². The number of nitrogens with zero attached hydrogens (tertiary/aromatic N) is 7. The van der Waals surface area contributed by atoms with E-state index in [1.807, 2.05) is 11.6 Å². The van der Waals surface area contributed by atoms with E-state index in [1.54, 1.807) is 40.8 Å². The molecule has 5 heterocycles. The van der Waals surface area contributed by atoms with Crippen molar-refractivity contribution in [2.24, 2.45) is 13.0 Å². The molecular weight excluding hydrogens is 615 g/mol. The van der Waals surface area contributed by atoms with Crippen molar-refractivity contribution < 1.29 is 18.0 Å². The predicted octanol–water partition coefficient (Wildman–Crippen LogP) is 5.33. The van der Waals surface area contributed by atoms with Gasteiger partial charge in [-0.3, -0.25) is 9.59 Å². The summed E-state index contributed by atoms with van der Waals surface area (Å²) in [6, 6.07) is 4.76. The van der Waals surface area contributed by atoms with Gasteiger partial charge in [0.15, 0.2) is 0 Å². The molecule has 0 saturated heterocycles. The Morgan fingerprint density at radius 1 is 1.17 bits per heavy atom. The molecule has 1 atom stereocenters. The molecule has 1 aromatic carbocycles. The molecule has 218 valence electrons. The Balaban J connectivity index is 1.50. The highest BCUT2D eigenvalue weighted by atomic mass is 79.9. The number of halogens is 4. The summed E-state index contributed by atoms with van der Waals surface area (Å²) in [5, 5.41) is 4.64. The van der Waals surface area contributed by atoms with E-state index in [4.69, 9.17) is 0 Å². The maximum atomic E-state index is 14.2. The van der Waals surface area contributed by atoms with Crippen molar-refractivity contribution in [3.8, 4) is 5.82 Å². The summed E-state index contributed by atoms with van der Waals surface area (Å²) in [4.78, 5) is 38.4. The molecule has 0 unspecified atom stereocenters. The fourth-order valence-corrected chi connectivity index (χ4v) is 6.10. The molecular formula is C29H27BrF3N7O2. The van der Waals surface area contributed by atoms with Gasteiger partial charge in [0.05, 0.1) is 47.6 Å². The number of amides is 1. The number of aromatic nitrogens is 6. The summed E-state index contributed by atoms with van der Waals surface area (Å²) in [6.07, 6.45) is 1.30. The molecule has 0 aliphatic carbocycles. The third-order valence-electron chi connectivity index (χ3n) is 7.68. The Morgan fingerprint density at radius 3 is 2.64 bits per heavy atom. The first-order valence-electron chi connectivity index (χ1n) is 13.4. The first kappa shape index (κ1) is 28.1. The molecule has 5 aromatic rings. The van der Waals surface area contributed by atoms with E-state index in [9.17, 15) is 22.8 Å². The lowest BCUT2D eigenvalue weighted by molar-refractivity contribution is -0.138. The lowest BCUT2D eigenvalue weighted by Gasteiger charge is -2.35. The van der Waals surface area contributed by atoms with Crippen LogP contribution >= 0.6 is 15.9 Å². The third-order valence-corrected chi connectivity index (χ3v) is 8.37. The second-order valence-electron chi connectivity index (χ2n) is 11.1. The van der Waals surface area contributed by atoms with E-state index >= 15 is 0 Å². The van der Waals surface area contributed by atoms with Crippen LogP contribution in [-0.4, -0.2) is 45.6 Å². The first-order valence-corrected chi connectivity index (χ1v) is 14.2. The van der Waals surface area contributed by atoms with Crippen molar-refractivity contribution in [1.29, 1.82) is 0 Å². The summed E-state index contributed by atoms with van der Waals surface area (Å²) in [5.41, 5.74) is 2.62. The van der Waals surface area contributed by atoms with Gasteiger partial charge in [0, 0.05) is 40.3 Å². The van der Waals surface area contributed by atoms with Gasteiger partial charge in [-0.05, 0) is 43.9 Å². The zero-order valence-corrected chi connectivity index (χ0v) is 24.9. The zero-order valence-electron chi connectivity index (χ0n) is 23.3. The number of carbonyl (C=O) groups is 1. The molecule has 4 aromatic heterocycles. The molecule has 1 aliphatic heterocycles. The van der Waals surface area contributed by atoms with Crippen LogP contribution in [0.3, 0.4) is 0 Å². The summed E-state index contributed by atoms with van der Waals surface area (Å²) in [7, 11) is 1.87. The van der Waals surface area contributed by atoms with Gasteiger partial charge in [0.2, 0.25) is 0 Å². The Hall–Kier alpha value is -4.00. The Bertz CT molecular complexity index is 1940. The number of fused-ring (bicyclic) bond motifs is 4.